The molecular formula is C20H21NO7. The van der Waals surface area contributed by atoms with E-state index in [-0.39, 0.29) is 17.4 Å². The molecule has 1 fully saturated rings. The van der Waals surface area contributed by atoms with Gasteiger partial charge in [-0.2, -0.15) is 0 Å². The molecule has 2 aliphatic rings. The fourth-order valence-electron chi connectivity index (χ4n) is 3.46. The number of hydrogen-bond donors (Lipinski definition) is 0. The van der Waals surface area contributed by atoms with Gasteiger partial charge in [0.05, 0.1) is 31.6 Å². The van der Waals surface area contributed by atoms with Gasteiger partial charge < -0.3 is 14.2 Å². The Labute approximate surface area is 162 Å². The number of benzene rings is 1. The van der Waals surface area contributed by atoms with Crippen molar-refractivity contribution < 1.29 is 33.4 Å². The lowest BCUT2D eigenvalue weighted by atomic mass is 9.85. The van der Waals surface area contributed by atoms with Crippen molar-refractivity contribution in [3.05, 3.63) is 35.9 Å². The molecule has 148 valence electrons. The lowest BCUT2D eigenvalue weighted by Crippen LogP contribution is -2.37. The summed E-state index contributed by atoms with van der Waals surface area (Å²) in [5.41, 5.74) is 0.208. The average molecular weight is 387 g/mol. The maximum Gasteiger partial charge on any atom is 0.326 e. The number of ketones is 1. The standard InChI is InChI=1S/C20H21NO7/c1-26-12-7-8-17(27-2)15(9-12)16(22)11-28-18(23)10-21-19(24)13-5-3-4-6-14(13)20(21)25/h3-4,7-9,13-14H,5-6,10-11H2,1-2H3/t13-,14+. The number of nitrogens with zero attached hydrogens (tertiary/aromatic N) is 1. The maximum atomic E-state index is 12.4. The molecule has 1 aromatic carbocycles. The number of allylic oxidation sites excluding steroid dienone is 2. The van der Waals surface area contributed by atoms with Gasteiger partial charge in [-0.05, 0) is 31.0 Å². The van der Waals surface area contributed by atoms with Crippen molar-refractivity contribution in [2.45, 2.75) is 12.8 Å². The number of esters is 1. The largest absolute Gasteiger partial charge is 0.497 e. The summed E-state index contributed by atoms with van der Waals surface area (Å²) in [6.07, 6.45) is 4.73. The molecule has 8 heteroatoms. The molecule has 2 atom stereocenters. The summed E-state index contributed by atoms with van der Waals surface area (Å²) < 4.78 is 15.2. The zero-order valence-corrected chi connectivity index (χ0v) is 15.7. The van der Waals surface area contributed by atoms with Gasteiger partial charge in [0.15, 0.2) is 6.61 Å². The molecule has 8 nitrogen and oxygen atoms in total. The maximum absolute atomic E-state index is 12.4. The highest BCUT2D eigenvalue weighted by Crippen LogP contribution is 2.34. The van der Waals surface area contributed by atoms with Crippen LogP contribution in [0.3, 0.4) is 0 Å². The third kappa shape index (κ3) is 3.76. The number of ether oxygens (including phenoxy) is 3. The number of fused-ring (bicyclic) bond motifs is 1. The van der Waals surface area contributed by atoms with Gasteiger partial charge >= 0.3 is 5.97 Å². The molecule has 2 amide bonds. The molecule has 0 spiro atoms. The lowest BCUT2D eigenvalue weighted by molar-refractivity contribution is -0.152. The summed E-state index contributed by atoms with van der Waals surface area (Å²) in [5, 5.41) is 0. The molecule has 0 bridgehead atoms. The lowest BCUT2D eigenvalue weighted by Gasteiger charge is -2.14. The zero-order valence-electron chi connectivity index (χ0n) is 15.7. The van der Waals surface area contributed by atoms with Crippen LogP contribution in [0.5, 0.6) is 11.5 Å². The number of imide groups is 1. The van der Waals surface area contributed by atoms with Crippen LogP contribution in [-0.4, -0.2) is 55.8 Å². The molecular weight excluding hydrogens is 366 g/mol. The Bertz CT molecular complexity index is 819. The smallest absolute Gasteiger partial charge is 0.326 e. The third-order valence-electron chi connectivity index (χ3n) is 4.96. The van der Waals surface area contributed by atoms with E-state index in [9.17, 15) is 19.2 Å². The Morgan fingerprint density at radius 3 is 2.25 bits per heavy atom. The SMILES string of the molecule is COc1ccc(OC)c(C(=O)COC(=O)CN2C(=O)[C@H]3CC=CC[C@H]3C2=O)c1. The topological polar surface area (TPSA) is 99.2 Å². The van der Waals surface area contributed by atoms with Gasteiger partial charge in [0.25, 0.3) is 0 Å². The van der Waals surface area contributed by atoms with Gasteiger partial charge in [-0.15, -0.1) is 0 Å². The second-order valence-electron chi connectivity index (χ2n) is 6.57. The summed E-state index contributed by atoms with van der Waals surface area (Å²) >= 11 is 0. The molecule has 1 aliphatic carbocycles. The molecule has 1 saturated heterocycles. The van der Waals surface area contributed by atoms with E-state index < -0.39 is 36.7 Å². The third-order valence-corrected chi connectivity index (χ3v) is 4.96. The van der Waals surface area contributed by atoms with Crippen LogP contribution < -0.4 is 9.47 Å². The Hall–Kier alpha value is -3.16. The van der Waals surface area contributed by atoms with Crippen LogP contribution in [0.4, 0.5) is 0 Å². The molecule has 0 aromatic heterocycles. The van der Waals surface area contributed by atoms with Crippen LogP contribution in [-0.2, 0) is 19.1 Å². The van der Waals surface area contributed by atoms with Crippen molar-refractivity contribution in [2.24, 2.45) is 11.8 Å². The van der Waals surface area contributed by atoms with Crippen LogP contribution >= 0.6 is 0 Å². The second-order valence-corrected chi connectivity index (χ2v) is 6.57. The van der Waals surface area contributed by atoms with E-state index >= 15 is 0 Å². The summed E-state index contributed by atoms with van der Waals surface area (Å²) in [6, 6.07) is 4.70. The van der Waals surface area contributed by atoms with Gasteiger partial charge in [0, 0.05) is 0 Å². The molecule has 0 radical (unpaired) electrons. The summed E-state index contributed by atoms with van der Waals surface area (Å²) in [7, 11) is 2.89. The van der Waals surface area contributed by atoms with Crippen LogP contribution in [0.15, 0.2) is 30.4 Å². The Balaban J connectivity index is 1.60. The van der Waals surface area contributed by atoms with Crippen LogP contribution in [0.1, 0.15) is 23.2 Å². The molecule has 0 N–H and O–H groups in total. The molecule has 0 saturated carbocycles. The predicted octanol–water partition coefficient (Wildman–Crippen LogP) is 1.38. The first kappa shape index (κ1) is 19.6. The highest BCUT2D eigenvalue weighted by Gasteiger charge is 2.47. The molecule has 1 aromatic rings. The fraction of sp³-hybridized carbons (Fsp3) is 0.400. The van der Waals surface area contributed by atoms with Gasteiger partial charge in [-0.25, -0.2) is 0 Å². The van der Waals surface area contributed by atoms with Crippen molar-refractivity contribution in [1.29, 1.82) is 0 Å². The van der Waals surface area contributed by atoms with E-state index in [4.69, 9.17) is 14.2 Å². The number of methoxy groups -OCH3 is 2. The molecule has 1 heterocycles. The van der Waals surface area contributed by atoms with E-state index in [2.05, 4.69) is 0 Å². The Morgan fingerprint density at radius 1 is 1.04 bits per heavy atom. The van der Waals surface area contributed by atoms with E-state index in [1.165, 1.54) is 20.3 Å². The number of amides is 2. The van der Waals surface area contributed by atoms with E-state index in [1.807, 2.05) is 12.2 Å². The quantitative estimate of drug-likeness (QED) is 0.302. The number of carbonyl (C=O) groups is 4. The minimum absolute atomic E-state index is 0.208. The first-order valence-electron chi connectivity index (χ1n) is 8.87. The first-order valence-corrected chi connectivity index (χ1v) is 8.87. The number of hydrogen-bond acceptors (Lipinski definition) is 7. The van der Waals surface area contributed by atoms with Gasteiger partial charge in [-0.1, -0.05) is 12.2 Å². The minimum atomic E-state index is -0.816. The van der Waals surface area contributed by atoms with Crippen molar-refractivity contribution in [1.82, 2.24) is 4.90 Å². The monoisotopic (exact) mass is 387 g/mol. The van der Waals surface area contributed by atoms with Crippen molar-refractivity contribution in [2.75, 3.05) is 27.4 Å². The normalized spacial score (nSPS) is 20.7. The second kappa shape index (κ2) is 8.24. The van der Waals surface area contributed by atoms with Crippen LogP contribution in [0.2, 0.25) is 0 Å². The minimum Gasteiger partial charge on any atom is -0.497 e. The van der Waals surface area contributed by atoms with Gasteiger partial charge in [-0.3, -0.25) is 24.1 Å². The highest BCUT2D eigenvalue weighted by molar-refractivity contribution is 6.07. The summed E-state index contributed by atoms with van der Waals surface area (Å²) in [4.78, 5) is 50.2. The number of rotatable bonds is 7. The van der Waals surface area contributed by atoms with E-state index in [0.717, 1.165) is 4.90 Å². The zero-order chi connectivity index (χ0) is 20.3. The average Bonchev–Trinajstić information content (AvgIpc) is 2.96. The van der Waals surface area contributed by atoms with Gasteiger partial charge in [0.1, 0.15) is 18.0 Å². The predicted molar refractivity (Wildman–Crippen MR) is 96.9 cm³/mol. The highest BCUT2D eigenvalue weighted by atomic mass is 16.5. The van der Waals surface area contributed by atoms with E-state index in [1.54, 1.807) is 12.1 Å². The number of carbonyl (C=O) groups excluding carboxylic acids is 4. The molecule has 1 aliphatic heterocycles. The van der Waals surface area contributed by atoms with Crippen LogP contribution in [0, 0.1) is 11.8 Å². The van der Waals surface area contributed by atoms with E-state index in [0.29, 0.717) is 24.3 Å². The van der Waals surface area contributed by atoms with Crippen molar-refractivity contribution in [3.8, 4) is 11.5 Å². The van der Waals surface area contributed by atoms with Crippen molar-refractivity contribution >= 4 is 23.6 Å². The summed E-state index contributed by atoms with van der Waals surface area (Å²) in [6.45, 7) is -1.03. The first-order chi connectivity index (χ1) is 13.5. The molecule has 3 rings (SSSR count). The number of Topliss-reactive ketones (excluding diaryl/α,β-unsaturated/α-hetero) is 1. The number of likely N-dealkylation sites (tertiary alicyclic amines) is 1. The Morgan fingerprint density at radius 2 is 1.68 bits per heavy atom. The van der Waals surface area contributed by atoms with Gasteiger partial charge in [0.2, 0.25) is 17.6 Å². The molecule has 28 heavy (non-hydrogen) atoms. The fourth-order valence-corrected chi connectivity index (χ4v) is 3.46. The van der Waals surface area contributed by atoms with Crippen LogP contribution in [0.25, 0.3) is 0 Å². The Kier molecular flexibility index (Phi) is 5.77. The van der Waals surface area contributed by atoms with Crippen molar-refractivity contribution in [3.63, 3.8) is 0 Å². The summed E-state index contributed by atoms with van der Waals surface area (Å²) in [5.74, 6) is -2.07. The molecule has 0 unspecified atom stereocenters.